The summed E-state index contributed by atoms with van der Waals surface area (Å²) < 4.78 is 29.0. The van der Waals surface area contributed by atoms with E-state index in [1.54, 1.807) is 35.2 Å². The summed E-state index contributed by atoms with van der Waals surface area (Å²) in [5.74, 6) is -0.133. The maximum absolute atomic E-state index is 13.8. The van der Waals surface area contributed by atoms with Crippen LogP contribution in [0.5, 0.6) is 0 Å². The highest BCUT2D eigenvalue weighted by molar-refractivity contribution is 7.89. The largest absolute Gasteiger partial charge is 0.310 e. The molecule has 0 spiro atoms. The molecule has 2 aliphatic rings. The van der Waals surface area contributed by atoms with Crippen LogP contribution in [0.15, 0.2) is 83.8 Å². The Labute approximate surface area is 170 Å². The maximum Gasteiger partial charge on any atom is 0.256 e. The fourth-order valence-corrected chi connectivity index (χ4v) is 6.26. The van der Waals surface area contributed by atoms with Crippen molar-refractivity contribution in [2.45, 2.75) is 17.5 Å². The summed E-state index contributed by atoms with van der Waals surface area (Å²) in [4.78, 5) is 15.1. The van der Waals surface area contributed by atoms with E-state index in [1.807, 2.05) is 55.5 Å². The Kier molecular flexibility index (Phi) is 3.91. The Morgan fingerprint density at radius 1 is 0.828 bits per heavy atom. The SMILES string of the molecule is Cc1ccc(S(=O)(=O)N2CCN3C(=O)c4ccccc4C32c2ccccc2)cc1. The van der Waals surface area contributed by atoms with Gasteiger partial charge in [0.05, 0.1) is 4.90 Å². The summed E-state index contributed by atoms with van der Waals surface area (Å²) in [5, 5.41) is 0. The van der Waals surface area contributed by atoms with Crippen molar-refractivity contribution in [1.82, 2.24) is 9.21 Å². The second-order valence-corrected chi connectivity index (χ2v) is 9.29. The van der Waals surface area contributed by atoms with Crippen molar-refractivity contribution in [3.05, 3.63) is 101 Å². The first-order chi connectivity index (χ1) is 14.0. The Morgan fingerprint density at radius 2 is 1.48 bits per heavy atom. The van der Waals surface area contributed by atoms with Gasteiger partial charge in [-0.05, 0) is 30.7 Å². The van der Waals surface area contributed by atoms with Crippen LogP contribution in [0.2, 0.25) is 0 Å². The number of rotatable bonds is 3. The highest BCUT2D eigenvalue weighted by Gasteiger charge is 2.61. The van der Waals surface area contributed by atoms with Gasteiger partial charge in [-0.15, -0.1) is 0 Å². The molecular formula is C23H20N2O3S. The van der Waals surface area contributed by atoms with Gasteiger partial charge < -0.3 is 4.90 Å². The Bertz CT molecular complexity index is 1210. The second kappa shape index (κ2) is 6.27. The van der Waals surface area contributed by atoms with E-state index in [4.69, 9.17) is 0 Å². The fraction of sp³-hybridized carbons (Fsp3) is 0.174. The molecule has 1 fully saturated rings. The maximum atomic E-state index is 13.8. The van der Waals surface area contributed by atoms with Gasteiger partial charge >= 0.3 is 0 Å². The molecule has 2 heterocycles. The van der Waals surface area contributed by atoms with Crippen LogP contribution in [0.1, 0.15) is 27.0 Å². The summed E-state index contributed by atoms with van der Waals surface area (Å²) in [7, 11) is -3.84. The average molecular weight is 404 g/mol. The minimum absolute atomic E-state index is 0.133. The molecule has 0 radical (unpaired) electrons. The molecule has 3 aromatic rings. The zero-order valence-electron chi connectivity index (χ0n) is 15.9. The van der Waals surface area contributed by atoms with E-state index in [1.165, 1.54) is 4.31 Å². The van der Waals surface area contributed by atoms with Gasteiger partial charge in [-0.1, -0.05) is 66.2 Å². The zero-order chi connectivity index (χ0) is 20.2. The minimum atomic E-state index is -3.84. The first-order valence-corrected chi connectivity index (χ1v) is 11.0. The third-order valence-electron chi connectivity index (χ3n) is 5.84. The van der Waals surface area contributed by atoms with Gasteiger partial charge in [0.25, 0.3) is 5.91 Å². The third kappa shape index (κ3) is 2.36. The minimum Gasteiger partial charge on any atom is -0.310 e. The molecule has 146 valence electrons. The highest BCUT2D eigenvalue weighted by Crippen LogP contribution is 2.51. The average Bonchev–Trinajstić information content (AvgIpc) is 3.26. The van der Waals surface area contributed by atoms with Crippen LogP contribution < -0.4 is 0 Å². The first kappa shape index (κ1) is 18.1. The van der Waals surface area contributed by atoms with Gasteiger partial charge in [0, 0.05) is 24.2 Å². The first-order valence-electron chi connectivity index (χ1n) is 9.54. The van der Waals surface area contributed by atoms with E-state index in [2.05, 4.69) is 0 Å². The number of amides is 1. The summed E-state index contributed by atoms with van der Waals surface area (Å²) in [5.41, 5.74) is 1.86. The lowest BCUT2D eigenvalue weighted by atomic mass is 9.91. The molecule has 3 aromatic carbocycles. The standard InChI is InChI=1S/C23H20N2O3S/c1-17-11-13-19(14-12-17)29(27,28)25-16-15-24-22(26)20-9-5-6-10-21(20)23(24,25)18-7-3-2-4-8-18/h2-14H,15-16H2,1H3. The van der Waals surface area contributed by atoms with Crippen LogP contribution in [0.25, 0.3) is 0 Å². The van der Waals surface area contributed by atoms with Crippen LogP contribution in [-0.2, 0) is 15.7 Å². The van der Waals surface area contributed by atoms with Crippen LogP contribution >= 0.6 is 0 Å². The zero-order valence-corrected chi connectivity index (χ0v) is 16.8. The second-order valence-electron chi connectivity index (χ2n) is 7.43. The lowest BCUT2D eigenvalue weighted by Gasteiger charge is -2.39. The molecule has 6 heteroatoms. The molecule has 5 rings (SSSR count). The predicted octanol–water partition coefficient (Wildman–Crippen LogP) is 3.36. The van der Waals surface area contributed by atoms with Gasteiger partial charge in [0.15, 0.2) is 5.66 Å². The van der Waals surface area contributed by atoms with Crippen LogP contribution in [0, 0.1) is 6.92 Å². The molecule has 0 aliphatic carbocycles. The van der Waals surface area contributed by atoms with Crippen LogP contribution in [0.4, 0.5) is 0 Å². The van der Waals surface area contributed by atoms with E-state index >= 15 is 0 Å². The van der Waals surface area contributed by atoms with Gasteiger partial charge in [0.1, 0.15) is 0 Å². The fourth-order valence-electron chi connectivity index (χ4n) is 4.55. The van der Waals surface area contributed by atoms with E-state index in [0.29, 0.717) is 17.7 Å². The molecule has 0 saturated carbocycles. The lowest BCUT2D eigenvalue weighted by molar-refractivity contribution is 0.0618. The summed E-state index contributed by atoms with van der Waals surface area (Å²) >= 11 is 0. The molecule has 1 atom stereocenters. The van der Waals surface area contributed by atoms with Crippen molar-refractivity contribution >= 4 is 15.9 Å². The molecule has 1 unspecified atom stereocenters. The normalized spacial score (nSPS) is 21.3. The summed E-state index contributed by atoms with van der Waals surface area (Å²) in [6.07, 6.45) is 0. The Balaban J connectivity index is 1.80. The van der Waals surface area contributed by atoms with Crippen molar-refractivity contribution in [2.24, 2.45) is 0 Å². The molecule has 5 nitrogen and oxygen atoms in total. The van der Waals surface area contributed by atoms with Crippen LogP contribution in [-0.4, -0.2) is 36.6 Å². The van der Waals surface area contributed by atoms with Crippen molar-refractivity contribution in [2.75, 3.05) is 13.1 Å². The molecule has 1 amide bonds. The lowest BCUT2D eigenvalue weighted by Crippen LogP contribution is -2.51. The molecule has 29 heavy (non-hydrogen) atoms. The highest BCUT2D eigenvalue weighted by atomic mass is 32.2. The van der Waals surface area contributed by atoms with Crippen molar-refractivity contribution in [3.63, 3.8) is 0 Å². The van der Waals surface area contributed by atoms with Gasteiger partial charge in [-0.2, -0.15) is 4.31 Å². The number of nitrogens with zero attached hydrogens (tertiary/aromatic N) is 2. The molecule has 0 N–H and O–H groups in total. The Morgan fingerprint density at radius 3 is 2.21 bits per heavy atom. The van der Waals surface area contributed by atoms with Gasteiger partial charge in [-0.3, -0.25) is 4.79 Å². The van der Waals surface area contributed by atoms with Gasteiger partial charge in [0.2, 0.25) is 10.0 Å². The number of carbonyl (C=O) groups excluding carboxylic acids is 1. The number of aryl methyl sites for hydroxylation is 1. The summed E-state index contributed by atoms with van der Waals surface area (Å²) in [6.45, 7) is 2.50. The number of hydrogen-bond acceptors (Lipinski definition) is 3. The van der Waals surface area contributed by atoms with E-state index < -0.39 is 15.7 Å². The third-order valence-corrected chi connectivity index (χ3v) is 7.74. The topological polar surface area (TPSA) is 57.7 Å². The van der Waals surface area contributed by atoms with E-state index in [0.717, 1.165) is 11.1 Å². The number of benzene rings is 3. The number of hydrogen-bond donors (Lipinski definition) is 0. The summed E-state index contributed by atoms with van der Waals surface area (Å²) in [6, 6.07) is 23.6. The predicted molar refractivity (Wildman–Crippen MR) is 110 cm³/mol. The van der Waals surface area contributed by atoms with Crippen molar-refractivity contribution in [3.8, 4) is 0 Å². The molecule has 2 aliphatic heterocycles. The number of fused-ring (bicyclic) bond motifs is 3. The molecular weight excluding hydrogens is 384 g/mol. The molecule has 0 aromatic heterocycles. The monoisotopic (exact) mass is 404 g/mol. The van der Waals surface area contributed by atoms with E-state index in [9.17, 15) is 13.2 Å². The quantitative estimate of drug-likeness (QED) is 0.673. The van der Waals surface area contributed by atoms with Crippen molar-refractivity contribution < 1.29 is 13.2 Å². The molecule has 0 bridgehead atoms. The Hall–Kier alpha value is -2.96. The number of carbonyl (C=O) groups is 1. The molecule has 1 saturated heterocycles. The van der Waals surface area contributed by atoms with Gasteiger partial charge in [-0.25, -0.2) is 8.42 Å². The van der Waals surface area contributed by atoms with E-state index in [-0.39, 0.29) is 17.3 Å². The number of sulfonamides is 1. The van der Waals surface area contributed by atoms with Crippen molar-refractivity contribution in [1.29, 1.82) is 0 Å². The smallest absolute Gasteiger partial charge is 0.256 e. The van der Waals surface area contributed by atoms with Crippen LogP contribution in [0.3, 0.4) is 0 Å².